The second-order valence-electron chi connectivity index (χ2n) is 5.42. The molecule has 0 saturated carbocycles. The van der Waals surface area contributed by atoms with Crippen LogP contribution in [0.15, 0.2) is 6.33 Å². The maximum atomic E-state index is 10.8. The van der Waals surface area contributed by atoms with E-state index >= 15 is 0 Å². The molecule has 4 atom stereocenters. The monoisotopic (exact) mass is 327 g/mol. The normalized spacial score (nSPS) is 34.2. The molecule has 1 aliphatic heterocycles. The van der Waals surface area contributed by atoms with E-state index in [2.05, 4.69) is 15.0 Å². The summed E-state index contributed by atoms with van der Waals surface area (Å²) in [6.45, 7) is 0.563. The van der Waals surface area contributed by atoms with E-state index in [1.807, 2.05) is 0 Å². The van der Waals surface area contributed by atoms with E-state index in [-0.39, 0.29) is 23.0 Å². The topological polar surface area (TPSA) is 169 Å². The summed E-state index contributed by atoms with van der Waals surface area (Å²) < 4.78 is 11.3. The van der Waals surface area contributed by atoms with Crippen molar-refractivity contribution < 1.29 is 29.9 Å². The number of nitrogen functional groups attached to an aromatic ring is 1. The first-order chi connectivity index (χ1) is 10.8. The highest BCUT2D eigenvalue weighted by atomic mass is 16.7. The Hall–Kier alpha value is -2.05. The molecule has 2 aromatic heterocycles. The van der Waals surface area contributed by atoms with Crippen LogP contribution in [0, 0.1) is 0 Å². The van der Waals surface area contributed by atoms with Gasteiger partial charge in [-0.25, -0.2) is 4.98 Å². The van der Waals surface area contributed by atoms with Crippen LogP contribution in [0.4, 0.5) is 5.95 Å². The number of fused-ring (bicyclic) bond motifs is 1. The minimum Gasteiger partial charge on any atom is -0.479 e. The summed E-state index contributed by atoms with van der Waals surface area (Å²) in [6.07, 6.45) is -1.60. The van der Waals surface area contributed by atoms with Crippen LogP contribution in [-0.2, 0) is 10.6 Å². The van der Waals surface area contributed by atoms with Crippen LogP contribution in [0.5, 0.6) is 5.88 Å². The first-order valence-corrected chi connectivity index (χ1v) is 6.72. The minimum absolute atomic E-state index is 0.0305. The molecule has 23 heavy (non-hydrogen) atoms. The van der Waals surface area contributed by atoms with E-state index in [1.54, 1.807) is 0 Å². The smallest absolute Gasteiger partial charge is 0.288 e. The van der Waals surface area contributed by atoms with E-state index in [0.29, 0.717) is 0 Å². The standard InChI is InChI=1S/C12H17N5O6/c1-11(20)7(19)5(3-18)23-12(11,21)17-4-14-6-8(17)15-10(13)16-9(6)22-2/h4-5,7,18-21H,3H2,1-2H3,(H2,13,15,16)/t5-,7-,11-,12-/m1/s1. The molecule has 6 N–H and O–H groups in total. The van der Waals surface area contributed by atoms with Gasteiger partial charge >= 0.3 is 0 Å². The van der Waals surface area contributed by atoms with Crippen molar-refractivity contribution in [2.24, 2.45) is 0 Å². The number of nitrogens with two attached hydrogens (primary N) is 1. The van der Waals surface area contributed by atoms with Gasteiger partial charge in [0.15, 0.2) is 16.8 Å². The summed E-state index contributed by atoms with van der Waals surface area (Å²) in [6, 6.07) is 0. The Labute approximate surface area is 129 Å². The van der Waals surface area contributed by atoms with E-state index in [9.17, 15) is 20.4 Å². The van der Waals surface area contributed by atoms with Gasteiger partial charge in [0.2, 0.25) is 11.8 Å². The molecule has 3 heterocycles. The van der Waals surface area contributed by atoms with Crippen LogP contribution >= 0.6 is 0 Å². The molecule has 0 amide bonds. The number of aliphatic hydroxyl groups excluding tert-OH is 2. The molecule has 0 aliphatic carbocycles. The number of ether oxygens (including phenoxy) is 2. The van der Waals surface area contributed by atoms with Crippen molar-refractivity contribution in [3.8, 4) is 5.88 Å². The second kappa shape index (κ2) is 4.97. The van der Waals surface area contributed by atoms with E-state index < -0.39 is 30.3 Å². The van der Waals surface area contributed by atoms with Gasteiger partial charge in [0.05, 0.1) is 13.7 Å². The Bertz CT molecular complexity index is 749. The summed E-state index contributed by atoms with van der Waals surface area (Å²) in [5.74, 6) is -2.50. The van der Waals surface area contributed by atoms with Crippen LogP contribution in [0.1, 0.15) is 6.92 Å². The Morgan fingerprint density at radius 2 is 2.13 bits per heavy atom. The number of nitrogens with zero attached hydrogens (tertiary/aromatic N) is 4. The molecule has 0 bridgehead atoms. The van der Waals surface area contributed by atoms with Crippen molar-refractivity contribution in [2.75, 3.05) is 19.5 Å². The maximum Gasteiger partial charge on any atom is 0.288 e. The van der Waals surface area contributed by atoms with Crippen LogP contribution in [0.25, 0.3) is 11.2 Å². The number of rotatable bonds is 3. The molecule has 11 nitrogen and oxygen atoms in total. The summed E-state index contributed by atoms with van der Waals surface area (Å²) >= 11 is 0. The van der Waals surface area contributed by atoms with Crippen LogP contribution in [0.2, 0.25) is 0 Å². The third-order valence-electron chi connectivity index (χ3n) is 3.98. The predicted molar refractivity (Wildman–Crippen MR) is 75.1 cm³/mol. The zero-order valence-corrected chi connectivity index (χ0v) is 12.4. The second-order valence-corrected chi connectivity index (χ2v) is 5.42. The third-order valence-corrected chi connectivity index (χ3v) is 3.98. The van der Waals surface area contributed by atoms with Gasteiger partial charge in [-0.3, -0.25) is 4.57 Å². The quantitative estimate of drug-likeness (QED) is 0.407. The molecule has 3 rings (SSSR count). The number of aromatic nitrogens is 4. The Balaban J connectivity index is 2.22. The van der Waals surface area contributed by atoms with Crippen LogP contribution in [-0.4, -0.2) is 71.5 Å². The molecule has 11 heteroatoms. The third kappa shape index (κ3) is 1.98. The van der Waals surface area contributed by atoms with Gasteiger partial charge in [-0.1, -0.05) is 0 Å². The number of hydrogen-bond donors (Lipinski definition) is 5. The first kappa shape index (κ1) is 15.8. The molecule has 126 valence electrons. The number of imidazole rings is 1. The molecule has 1 fully saturated rings. The molecular formula is C12H17N5O6. The van der Waals surface area contributed by atoms with Crippen molar-refractivity contribution in [3.05, 3.63) is 6.33 Å². The highest BCUT2D eigenvalue weighted by molar-refractivity contribution is 5.77. The van der Waals surface area contributed by atoms with Crippen molar-refractivity contribution in [1.82, 2.24) is 19.5 Å². The molecule has 2 aromatic rings. The van der Waals surface area contributed by atoms with Crippen LogP contribution < -0.4 is 10.5 Å². The Morgan fingerprint density at radius 1 is 1.43 bits per heavy atom. The minimum atomic E-state index is -2.43. The Morgan fingerprint density at radius 3 is 2.70 bits per heavy atom. The Kier molecular flexibility index (Phi) is 3.42. The molecular weight excluding hydrogens is 310 g/mol. The van der Waals surface area contributed by atoms with Crippen molar-refractivity contribution in [1.29, 1.82) is 0 Å². The highest BCUT2D eigenvalue weighted by Crippen LogP contribution is 2.43. The van der Waals surface area contributed by atoms with Crippen molar-refractivity contribution >= 4 is 17.1 Å². The van der Waals surface area contributed by atoms with E-state index in [1.165, 1.54) is 14.0 Å². The largest absolute Gasteiger partial charge is 0.479 e. The lowest BCUT2D eigenvalue weighted by atomic mass is 9.94. The van der Waals surface area contributed by atoms with Gasteiger partial charge in [-0.2, -0.15) is 9.97 Å². The summed E-state index contributed by atoms with van der Waals surface area (Å²) in [7, 11) is 1.36. The van der Waals surface area contributed by atoms with E-state index in [4.69, 9.17) is 15.2 Å². The lowest BCUT2D eigenvalue weighted by Crippen LogP contribution is -2.55. The van der Waals surface area contributed by atoms with E-state index in [0.717, 1.165) is 10.9 Å². The summed E-state index contributed by atoms with van der Waals surface area (Å²) in [5, 5.41) is 40.7. The van der Waals surface area contributed by atoms with Crippen LogP contribution in [0.3, 0.4) is 0 Å². The molecule has 1 aliphatic rings. The average Bonchev–Trinajstić information content (AvgIpc) is 3.00. The molecule has 0 unspecified atom stereocenters. The van der Waals surface area contributed by atoms with Gasteiger partial charge in [0.1, 0.15) is 18.5 Å². The predicted octanol–water partition coefficient (Wildman–Crippen LogP) is -2.48. The fraction of sp³-hybridized carbons (Fsp3) is 0.583. The highest BCUT2D eigenvalue weighted by Gasteiger charge is 2.64. The fourth-order valence-corrected chi connectivity index (χ4v) is 2.64. The molecule has 0 aromatic carbocycles. The molecule has 0 radical (unpaired) electrons. The SMILES string of the molecule is COc1nc(N)nc2c1ncn2[C@]1(O)O[C@H](CO)[C@@H](O)[C@@]1(C)O. The maximum absolute atomic E-state index is 10.8. The number of anilines is 1. The zero-order valence-electron chi connectivity index (χ0n) is 12.4. The lowest BCUT2D eigenvalue weighted by Gasteiger charge is -2.34. The lowest BCUT2D eigenvalue weighted by molar-refractivity contribution is -0.317. The number of methoxy groups -OCH3 is 1. The van der Waals surface area contributed by atoms with Gasteiger partial charge < -0.3 is 35.6 Å². The van der Waals surface area contributed by atoms with Crippen molar-refractivity contribution in [2.45, 2.75) is 30.6 Å². The summed E-state index contributed by atoms with van der Waals surface area (Å²) in [4.78, 5) is 11.9. The molecule has 1 saturated heterocycles. The summed E-state index contributed by atoms with van der Waals surface area (Å²) in [5.41, 5.74) is 3.66. The fourth-order valence-electron chi connectivity index (χ4n) is 2.64. The van der Waals surface area contributed by atoms with Gasteiger partial charge in [0, 0.05) is 0 Å². The average molecular weight is 327 g/mol. The van der Waals surface area contributed by atoms with Gasteiger partial charge in [0.25, 0.3) is 5.91 Å². The molecule has 0 spiro atoms. The first-order valence-electron chi connectivity index (χ1n) is 6.72. The number of hydrogen-bond acceptors (Lipinski definition) is 10. The number of aliphatic hydroxyl groups is 4. The van der Waals surface area contributed by atoms with Gasteiger partial charge in [-0.05, 0) is 6.92 Å². The van der Waals surface area contributed by atoms with Gasteiger partial charge in [-0.15, -0.1) is 0 Å². The zero-order chi connectivity index (χ0) is 17.0. The van der Waals surface area contributed by atoms with Crippen molar-refractivity contribution in [3.63, 3.8) is 0 Å².